The monoisotopic (exact) mass is 231 g/mol. The van der Waals surface area contributed by atoms with Gasteiger partial charge in [-0.1, -0.05) is 6.42 Å². The number of alkyl halides is 1. The van der Waals surface area contributed by atoms with E-state index in [4.69, 9.17) is 16.3 Å². The zero-order valence-electron chi connectivity index (χ0n) is 9.38. The van der Waals surface area contributed by atoms with E-state index in [2.05, 4.69) is 5.32 Å². The average Bonchev–Trinajstić information content (AvgIpc) is 2.71. The molecule has 0 radical (unpaired) electrons. The maximum Gasteiger partial charge on any atom is 0.0700 e. The molecular formula is C12H22ClNO. The number of ether oxygens (including phenoxy) is 1. The van der Waals surface area contributed by atoms with Crippen molar-refractivity contribution in [1.82, 2.24) is 5.32 Å². The predicted molar refractivity (Wildman–Crippen MR) is 63.4 cm³/mol. The van der Waals surface area contributed by atoms with Crippen LogP contribution >= 0.6 is 11.6 Å². The minimum atomic E-state index is 0.424. The van der Waals surface area contributed by atoms with Gasteiger partial charge in [-0.3, -0.25) is 0 Å². The van der Waals surface area contributed by atoms with E-state index >= 15 is 0 Å². The second-order valence-corrected chi connectivity index (χ2v) is 5.54. The number of hydrogen-bond donors (Lipinski definition) is 1. The molecule has 0 aromatic heterocycles. The molecule has 1 saturated carbocycles. The summed E-state index contributed by atoms with van der Waals surface area (Å²) in [7, 11) is 0. The van der Waals surface area contributed by atoms with Crippen molar-refractivity contribution < 1.29 is 4.74 Å². The Labute approximate surface area is 97.7 Å². The van der Waals surface area contributed by atoms with Gasteiger partial charge in [0, 0.05) is 18.5 Å². The van der Waals surface area contributed by atoms with Gasteiger partial charge >= 0.3 is 0 Å². The van der Waals surface area contributed by atoms with Crippen LogP contribution in [0.15, 0.2) is 0 Å². The molecule has 0 bridgehead atoms. The molecule has 3 unspecified atom stereocenters. The molecule has 0 spiro atoms. The van der Waals surface area contributed by atoms with Crippen LogP contribution < -0.4 is 5.32 Å². The normalized spacial score (nSPS) is 37.0. The van der Waals surface area contributed by atoms with Crippen molar-refractivity contribution in [1.29, 1.82) is 0 Å². The molecule has 2 fully saturated rings. The number of rotatable bonds is 4. The van der Waals surface area contributed by atoms with Crippen molar-refractivity contribution in [2.75, 3.05) is 19.7 Å². The topological polar surface area (TPSA) is 21.3 Å². The molecule has 2 aliphatic rings. The van der Waals surface area contributed by atoms with Crippen molar-refractivity contribution in [3.63, 3.8) is 0 Å². The zero-order valence-corrected chi connectivity index (χ0v) is 10.1. The van der Waals surface area contributed by atoms with Gasteiger partial charge in [0.05, 0.1) is 6.10 Å². The Hall–Kier alpha value is 0.210. The number of halogens is 1. The van der Waals surface area contributed by atoms with Crippen LogP contribution in [0.3, 0.4) is 0 Å². The molecule has 3 atom stereocenters. The molecule has 3 heteroatoms. The molecule has 2 nitrogen and oxygen atoms in total. The number of nitrogens with one attached hydrogen (secondary N) is 1. The highest BCUT2D eigenvalue weighted by molar-refractivity contribution is 6.20. The summed E-state index contributed by atoms with van der Waals surface area (Å²) in [5.41, 5.74) is 0. The lowest BCUT2D eigenvalue weighted by molar-refractivity contribution is 0.108. The quantitative estimate of drug-likeness (QED) is 0.751. The number of hydrogen-bond acceptors (Lipinski definition) is 2. The fourth-order valence-electron chi connectivity index (χ4n) is 2.66. The van der Waals surface area contributed by atoms with Crippen molar-refractivity contribution in [2.45, 2.75) is 50.0 Å². The SMILES string of the molecule is ClC1CCCC(CNCC2CCCO2)C1. The molecule has 0 amide bonds. The molecule has 0 aromatic carbocycles. The summed E-state index contributed by atoms with van der Waals surface area (Å²) in [5.74, 6) is 0.794. The Morgan fingerprint density at radius 1 is 1.13 bits per heavy atom. The van der Waals surface area contributed by atoms with Gasteiger partial charge in [0.25, 0.3) is 0 Å². The van der Waals surface area contributed by atoms with Gasteiger partial charge in [-0.25, -0.2) is 0 Å². The van der Waals surface area contributed by atoms with Crippen LogP contribution in [0.4, 0.5) is 0 Å². The van der Waals surface area contributed by atoms with Gasteiger partial charge in [0.1, 0.15) is 0 Å². The van der Waals surface area contributed by atoms with Crippen LogP contribution in [0.2, 0.25) is 0 Å². The van der Waals surface area contributed by atoms with E-state index in [1.54, 1.807) is 0 Å². The summed E-state index contributed by atoms with van der Waals surface area (Å²) in [6, 6.07) is 0. The molecular weight excluding hydrogens is 210 g/mol. The second kappa shape index (κ2) is 6.07. The summed E-state index contributed by atoms with van der Waals surface area (Å²) in [5, 5.41) is 3.96. The summed E-state index contributed by atoms with van der Waals surface area (Å²) < 4.78 is 5.57. The third-order valence-corrected chi connectivity index (χ3v) is 3.94. The van der Waals surface area contributed by atoms with Crippen LogP contribution in [0.5, 0.6) is 0 Å². The van der Waals surface area contributed by atoms with E-state index < -0.39 is 0 Å². The summed E-state index contributed by atoms with van der Waals surface area (Å²) in [4.78, 5) is 0. The van der Waals surface area contributed by atoms with Crippen LogP contribution in [0, 0.1) is 5.92 Å². The lowest BCUT2D eigenvalue weighted by Crippen LogP contribution is -2.32. The first-order valence-corrected chi connectivity index (χ1v) is 6.74. The largest absolute Gasteiger partial charge is 0.377 e. The van der Waals surface area contributed by atoms with Crippen molar-refractivity contribution in [3.05, 3.63) is 0 Å². The fourth-order valence-corrected chi connectivity index (χ4v) is 3.07. The van der Waals surface area contributed by atoms with Gasteiger partial charge in [-0.05, 0) is 44.6 Å². The second-order valence-electron chi connectivity index (χ2n) is 4.92. The molecule has 1 aliphatic heterocycles. The standard InChI is InChI=1S/C12H22ClNO/c13-11-4-1-3-10(7-11)8-14-9-12-5-2-6-15-12/h10-12,14H,1-9H2. The van der Waals surface area contributed by atoms with Gasteiger partial charge in [-0.15, -0.1) is 11.6 Å². The fraction of sp³-hybridized carbons (Fsp3) is 1.00. The highest BCUT2D eigenvalue weighted by Crippen LogP contribution is 2.27. The van der Waals surface area contributed by atoms with Crippen LogP contribution in [0.1, 0.15) is 38.5 Å². The van der Waals surface area contributed by atoms with Crippen LogP contribution in [-0.4, -0.2) is 31.2 Å². The van der Waals surface area contributed by atoms with Gasteiger partial charge in [0.2, 0.25) is 0 Å². The third-order valence-electron chi connectivity index (χ3n) is 3.55. The molecule has 1 saturated heterocycles. The van der Waals surface area contributed by atoms with E-state index in [1.807, 2.05) is 0 Å². The lowest BCUT2D eigenvalue weighted by atomic mass is 9.89. The Bertz CT molecular complexity index is 182. The first-order chi connectivity index (χ1) is 7.34. The summed E-state index contributed by atoms with van der Waals surface area (Å²) in [6.45, 7) is 3.12. The van der Waals surface area contributed by atoms with E-state index in [0.717, 1.165) is 25.6 Å². The lowest BCUT2D eigenvalue weighted by Gasteiger charge is -2.26. The van der Waals surface area contributed by atoms with Crippen molar-refractivity contribution >= 4 is 11.6 Å². The smallest absolute Gasteiger partial charge is 0.0700 e. The maximum absolute atomic E-state index is 6.16. The first kappa shape index (κ1) is 11.7. The highest BCUT2D eigenvalue weighted by atomic mass is 35.5. The minimum Gasteiger partial charge on any atom is -0.377 e. The van der Waals surface area contributed by atoms with E-state index in [9.17, 15) is 0 Å². The van der Waals surface area contributed by atoms with Gasteiger partial charge in [-0.2, -0.15) is 0 Å². The Kier molecular flexibility index (Phi) is 4.73. The maximum atomic E-state index is 6.16. The van der Waals surface area contributed by atoms with Gasteiger partial charge in [0.15, 0.2) is 0 Å². The molecule has 1 N–H and O–H groups in total. The first-order valence-electron chi connectivity index (χ1n) is 6.31. The molecule has 2 rings (SSSR count). The van der Waals surface area contributed by atoms with Crippen molar-refractivity contribution in [2.24, 2.45) is 5.92 Å². The third kappa shape index (κ3) is 3.93. The highest BCUT2D eigenvalue weighted by Gasteiger charge is 2.20. The summed E-state index contributed by atoms with van der Waals surface area (Å²) >= 11 is 6.16. The molecule has 88 valence electrons. The molecule has 1 aliphatic carbocycles. The van der Waals surface area contributed by atoms with E-state index in [1.165, 1.54) is 38.5 Å². The predicted octanol–water partition coefficient (Wildman–Crippen LogP) is 2.55. The Morgan fingerprint density at radius 3 is 2.80 bits per heavy atom. The zero-order chi connectivity index (χ0) is 10.5. The van der Waals surface area contributed by atoms with E-state index in [-0.39, 0.29) is 0 Å². The average molecular weight is 232 g/mol. The molecule has 15 heavy (non-hydrogen) atoms. The summed E-state index contributed by atoms with van der Waals surface area (Å²) in [6.07, 6.45) is 8.00. The minimum absolute atomic E-state index is 0.424. The van der Waals surface area contributed by atoms with Crippen LogP contribution in [-0.2, 0) is 4.74 Å². The van der Waals surface area contributed by atoms with Crippen molar-refractivity contribution in [3.8, 4) is 0 Å². The Balaban J connectivity index is 1.56. The molecule has 1 heterocycles. The molecule has 0 aromatic rings. The van der Waals surface area contributed by atoms with Crippen LogP contribution in [0.25, 0.3) is 0 Å². The Morgan fingerprint density at radius 2 is 2.07 bits per heavy atom. The van der Waals surface area contributed by atoms with Gasteiger partial charge < -0.3 is 10.1 Å². The van der Waals surface area contributed by atoms with E-state index in [0.29, 0.717) is 11.5 Å².